The molecule has 0 radical (unpaired) electrons. The second kappa shape index (κ2) is 6.62. The highest BCUT2D eigenvalue weighted by Gasteiger charge is 2.18. The number of carbonyl (C=O) groups is 1. The van der Waals surface area contributed by atoms with Gasteiger partial charge in [-0.15, -0.1) is 0 Å². The van der Waals surface area contributed by atoms with Gasteiger partial charge in [0.2, 0.25) is 0 Å². The summed E-state index contributed by atoms with van der Waals surface area (Å²) in [5.41, 5.74) is 2.62. The normalized spacial score (nSPS) is 10.6. The average Bonchev–Trinajstić information content (AvgIpc) is 2.57. The van der Waals surface area contributed by atoms with Crippen LogP contribution in [0, 0.1) is 12.7 Å². The first-order chi connectivity index (χ1) is 11.6. The van der Waals surface area contributed by atoms with Gasteiger partial charge in [-0.2, -0.15) is 0 Å². The van der Waals surface area contributed by atoms with E-state index >= 15 is 0 Å². The van der Waals surface area contributed by atoms with Crippen LogP contribution in [0.5, 0.6) is 0 Å². The van der Waals surface area contributed by atoms with E-state index in [9.17, 15) is 9.18 Å². The quantitative estimate of drug-likeness (QED) is 0.735. The van der Waals surface area contributed by atoms with Crippen LogP contribution < -0.4 is 5.32 Å². The molecule has 0 aliphatic rings. The summed E-state index contributed by atoms with van der Waals surface area (Å²) >= 11 is 0. The molecule has 1 aromatic heterocycles. The Balaban J connectivity index is 2.11. The number of aryl methyl sites for hydroxylation is 1. The van der Waals surface area contributed by atoms with Crippen molar-refractivity contribution in [3.63, 3.8) is 0 Å². The van der Waals surface area contributed by atoms with Gasteiger partial charge in [0.1, 0.15) is 5.82 Å². The van der Waals surface area contributed by atoms with Gasteiger partial charge in [0, 0.05) is 5.69 Å². The molecule has 6 heteroatoms. The molecule has 1 N–H and O–H groups in total. The third kappa shape index (κ3) is 3.17. The first-order valence-electron chi connectivity index (χ1n) is 7.55. The minimum absolute atomic E-state index is 0.0687. The van der Waals surface area contributed by atoms with Gasteiger partial charge in [-0.1, -0.05) is 18.2 Å². The standard InChI is InChI=1S/C18H16FN3O2/c1-3-24-18(23)16-17(21-14-7-5-4-6-13(14)20-16)22-15-10-12(19)9-8-11(15)2/h4-10H,3H2,1-2H3,(H,21,22). The molecule has 0 spiro atoms. The van der Waals surface area contributed by atoms with E-state index in [2.05, 4.69) is 15.3 Å². The molecule has 0 unspecified atom stereocenters. The van der Waals surface area contributed by atoms with Gasteiger partial charge < -0.3 is 10.1 Å². The number of halogens is 1. The summed E-state index contributed by atoms with van der Waals surface area (Å²) < 4.78 is 18.6. The minimum atomic E-state index is -0.577. The molecule has 0 amide bonds. The number of esters is 1. The number of nitrogens with one attached hydrogen (secondary N) is 1. The molecule has 122 valence electrons. The smallest absolute Gasteiger partial charge is 0.360 e. The van der Waals surface area contributed by atoms with Crippen LogP contribution in [0.4, 0.5) is 15.9 Å². The summed E-state index contributed by atoms with van der Waals surface area (Å²) in [5.74, 6) is -0.720. The van der Waals surface area contributed by atoms with E-state index in [4.69, 9.17) is 4.74 Å². The van der Waals surface area contributed by atoms with E-state index in [1.165, 1.54) is 12.1 Å². The zero-order valence-corrected chi connectivity index (χ0v) is 13.3. The Bertz CT molecular complexity index is 912. The molecular weight excluding hydrogens is 309 g/mol. The molecular formula is C18H16FN3O2. The molecule has 0 aliphatic heterocycles. The Kier molecular flexibility index (Phi) is 4.37. The van der Waals surface area contributed by atoms with Crippen molar-refractivity contribution < 1.29 is 13.9 Å². The molecule has 2 aromatic carbocycles. The van der Waals surface area contributed by atoms with Crippen molar-refractivity contribution >= 4 is 28.5 Å². The van der Waals surface area contributed by atoms with Crippen LogP contribution in [0.3, 0.4) is 0 Å². The second-order valence-electron chi connectivity index (χ2n) is 5.21. The van der Waals surface area contributed by atoms with Crippen LogP contribution in [0.15, 0.2) is 42.5 Å². The number of para-hydroxylation sites is 2. The number of benzene rings is 2. The lowest BCUT2D eigenvalue weighted by Gasteiger charge is -2.13. The van der Waals surface area contributed by atoms with Gasteiger partial charge in [-0.05, 0) is 43.7 Å². The Hall–Kier alpha value is -3.02. The minimum Gasteiger partial charge on any atom is -0.461 e. The van der Waals surface area contributed by atoms with Crippen LogP contribution in [-0.4, -0.2) is 22.5 Å². The topological polar surface area (TPSA) is 64.1 Å². The summed E-state index contributed by atoms with van der Waals surface area (Å²) in [7, 11) is 0. The fourth-order valence-corrected chi connectivity index (χ4v) is 2.29. The zero-order valence-electron chi connectivity index (χ0n) is 13.3. The summed E-state index contributed by atoms with van der Waals surface area (Å²) in [6.07, 6.45) is 0. The molecule has 0 fully saturated rings. The first kappa shape index (κ1) is 15.9. The molecule has 5 nitrogen and oxygen atoms in total. The molecule has 0 atom stereocenters. The van der Waals surface area contributed by atoms with Crippen LogP contribution in [0.25, 0.3) is 11.0 Å². The third-order valence-electron chi connectivity index (χ3n) is 3.49. The Labute approximate surface area is 138 Å². The maximum absolute atomic E-state index is 13.5. The van der Waals surface area contributed by atoms with Crippen molar-refractivity contribution in [2.75, 3.05) is 11.9 Å². The first-order valence-corrected chi connectivity index (χ1v) is 7.55. The van der Waals surface area contributed by atoms with E-state index in [-0.39, 0.29) is 23.9 Å². The second-order valence-corrected chi connectivity index (χ2v) is 5.21. The van der Waals surface area contributed by atoms with Crippen LogP contribution in [0.1, 0.15) is 23.0 Å². The SMILES string of the molecule is CCOC(=O)c1nc2ccccc2nc1Nc1cc(F)ccc1C. The lowest BCUT2D eigenvalue weighted by Crippen LogP contribution is -2.12. The van der Waals surface area contributed by atoms with E-state index in [0.717, 1.165) is 5.56 Å². The highest BCUT2D eigenvalue weighted by Crippen LogP contribution is 2.24. The van der Waals surface area contributed by atoms with Gasteiger partial charge in [-0.3, -0.25) is 0 Å². The Morgan fingerprint density at radius 2 is 1.88 bits per heavy atom. The van der Waals surface area contributed by atoms with Gasteiger partial charge in [0.15, 0.2) is 11.5 Å². The number of ether oxygens (including phenoxy) is 1. The van der Waals surface area contributed by atoms with Crippen molar-refractivity contribution in [2.24, 2.45) is 0 Å². The van der Waals surface area contributed by atoms with Gasteiger partial charge >= 0.3 is 5.97 Å². The van der Waals surface area contributed by atoms with E-state index in [0.29, 0.717) is 16.7 Å². The largest absolute Gasteiger partial charge is 0.461 e. The number of carbonyl (C=O) groups excluding carboxylic acids is 1. The van der Waals surface area contributed by atoms with Crippen LogP contribution in [0.2, 0.25) is 0 Å². The third-order valence-corrected chi connectivity index (χ3v) is 3.49. The van der Waals surface area contributed by atoms with Gasteiger partial charge in [0.05, 0.1) is 17.6 Å². The molecule has 3 aromatic rings. The van der Waals surface area contributed by atoms with Crippen molar-refractivity contribution in [1.29, 1.82) is 0 Å². The fraction of sp³-hybridized carbons (Fsp3) is 0.167. The molecule has 1 heterocycles. The maximum Gasteiger partial charge on any atom is 0.360 e. The molecule has 0 saturated heterocycles. The van der Waals surface area contributed by atoms with E-state index in [1.54, 1.807) is 25.1 Å². The van der Waals surface area contributed by atoms with E-state index in [1.807, 2.05) is 19.1 Å². The molecule has 0 bridgehead atoms. The Morgan fingerprint density at radius 1 is 1.17 bits per heavy atom. The van der Waals surface area contributed by atoms with Crippen molar-refractivity contribution in [3.05, 3.63) is 59.5 Å². The summed E-state index contributed by atoms with van der Waals surface area (Å²) in [6.45, 7) is 3.78. The number of anilines is 2. The average molecular weight is 325 g/mol. The summed E-state index contributed by atoms with van der Waals surface area (Å²) in [4.78, 5) is 21.0. The van der Waals surface area contributed by atoms with Crippen molar-refractivity contribution in [2.45, 2.75) is 13.8 Å². The van der Waals surface area contributed by atoms with Gasteiger partial charge in [-0.25, -0.2) is 19.2 Å². The molecule has 24 heavy (non-hydrogen) atoms. The number of hydrogen-bond donors (Lipinski definition) is 1. The zero-order chi connectivity index (χ0) is 17.1. The predicted molar refractivity (Wildman–Crippen MR) is 89.9 cm³/mol. The molecule has 0 aliphatic carbocycles. The number of rotatable bonds is 4. The Morgan fingerprint density at radius 3 is 2.58 bits per heavy atom. The number of hydrogen-bond acceptors (Lipinski definition) is 5. The van der Waals surface area contributed by atoms with Crippen molar-refractivity contribution in [1.82, 2.24) is 9.97 Å². The van der Waals surface area contributed by atoms with Crippen molar-refractivity contribution in [3.8, 4) is 0 Å². The lowest BCUT2D eigenvalue weighted by molar-refractivity contribution is 0.0521. The monoisotopic (exact) mass is 325 g/mol. The summed E-state index contributed by atoms with van der Waals surface area (Å²) in [5, 5.41) is 3.00. The number of nitrogens with zero attached hydrogens (tertiary/aromatic N) is 2. The predicted octanol–water partition coefficient (Wildman–Crippen LogP) is 4.00. The van der Waals surface area contributed by atoms with Crippen LogP contribution in [-0.2, 0) is 4.74 Å². The maximum atomic E-state index is 13.5. The lowest BCUT2D eigenvalue weighted by atomic mass is 10.2. The highest BCUT2D eigenvalue weighted by atomic mass is 19.1. The number of fused-ring (bicyclic) bond motifs is 1. The number of aromatic nitrogens is 2. The van der Waals surface area contributed by atoms with Crippen LogP contribution >= 0.6 is 0 Å². The van der Waals surface area contributed by atoms with E-state index < -0.39 is 5.97 Å². The van der Waals surface area contributed by atoms with Gasteiger partial charge in [0.25, 0.3) is 0 Å². The molecule has 0 saturated carbocycles. The molecule has 3 rings (SSSR count). The fourth-order valence-electron chi connectivity index (χ4n) is 2.29. The highest BCUT2D eigenvalue weighted by molar-refractivity contribution is 5.96. The summed E-state index contributed by atoms with van der Waals surface area (Å²) in [6, 6.07) is 11.6.